The maximum atomic E-state index is 6.27. The molecule has 6 heteroatoms. The molecule has 0 aliphatic carbocycles. The predicted molar refractivity (Wildman–Crippen MR) is 101 cm³/mol. The zero-order chi connectivity index (χ0) is 17.2. The first kappa shape index (κ1) is 15.6. The lowest BCUT2D eigenvalue weighted by Gasteiger charge is -2.10. The highest BCUT2D eigenvalue weighted by atomic mass is 35.5. The fourth-order valence-electron chi connectivity index (χ4n) is 2.65. The lowest BCUT2D eigenvalue weighted by molar-refractivity contribution is 0.878. The SMILES string of the molecule is CCc1nc(Nc2ccccc2Cl)c2cnn(-c3ccccc3)c2n1. The molecule has 5 nitrogen and oxygen atoms in total. The summed E-state index contributed by atoms with van der Waals surface area (Å²) in [4.78, 5) is 9.30. The van der Waals surface area contributed by atoms with Gasteiger partial charge in [0, 0.05) is 6.42 Å². The second kappa shape index (κ2) is 6.53. The van der Waals surface area contributed by atoms with Crippen LogP contribution in [0.2, 0.25) is 5.02 Å². The van der Waals surface area contributed by atoms with Crippen LogP contribution < -0.4 is 5.32 Å². The van der Waals surface area contributed by atoms with E-state index in [0.717, 1.165) is 34.7 Å². The Hall–Kier alpha value is -2.92. The summed E-state index contributed by atoms with van der Waals surface area (Å²) in [5, 5.41) is 9.31. The van der Waals surface area contributed by atoms with Crippen LogP contribution in [0.25, 0.3) is 16.7 Å². The number of anilines is 2. The molecule has 2 aromatic carbocycles. The highest BCUT2D eigenvalue weighted by Crippen LogP contribution is 2.29. The Morgan fingerprint density at radius 2 is 1.76 bits per heavy atom. The number of para-hydroxylation sites is 2. The van der Waals surface area contributed by atoms with Gasteiger partial charge in [-0.1, -0.05) is 48.9 Å². The third-order valence-corrected chi connectivity index (χ3v) is 4.25. The number of benzene rings is 2. The van der Waals surface area contributed by atoms with E-state index in [-0.39, 0.29) is 0 Å². The molecule has 4 rings (SSSR count). The lowest BCUT2D eigenvalue weighted by atomic mass is 10.3. The van der Waals surface area contributed by atoms with E-state index in [1.807, 2.05) is 66.2 Å². The number of hydrogen-bond acceptors (Lipinski definition) is 4. The van der Waals surface area contributed by atoms with E-state index >= 15 is 0 Å². The summed E-state index contributed by atoms with van der Waals surface area (Å²) in [5.74, 6) is 1.46. The van der Waals surface area contributed by atoms with Crippen molar-refractivity contribution in [3.8, 4) is 5.69 Å². The van der Waals surface area contributed by atoms with Crippen LogP contribution >= 0.6 is 11.6 Å². The number of aromatic nitrogens is 4. The highest BCUT2D eigenvalue weighted by Gasteiger charge is 2.14. The summed E-state index contributed by atoms with van der Waals surface area (Å²) in [6.45, 7) is 2.03. The summed E-state index contributed by atoms with van der Waals surface area (Å²) in [5.41, 5.74) is 2.54. The molecule has 2 aromatic heterocycles. The molecule has 0 radical (unpaired) electrons. The molecule has 1 N–H and O–H groups in total. The Balaban J connectivity index is 1.87. The molecule has 0 aliphatic rings. The number of rotatable bonds is 4. The van der Waals surface area contributed by atoms with Gasteiger partial charge in [0.15, 0.2) is 5.65 Å². The summed E-state index contributed by atoms with van der Waals surface area (Å²) in [6.07, 6.45) is 2.51. The van der Waals surface area contributed by atoms with Gasteiger partial charge in [-0.15, -0.1) is 0 Å². The molecule has 0 unspecified atom stereocenters. The van der Waals surface area contributed by atoms with Crippen molar-refractivity contribution in [1.82, 2.24) is 19.7 Å². The Bertz CT molecular complexity index is 1030. The molecule has 25 heavy (non-hydrogen) atoms. The molecule has 4 aromatic rings. The smallest absolute Gasteiger partial charge is 0.168 e. The molecule has 2 heterocycles. The van der Waals surface area contributed by atoms with Crippen molar-refractivity contribution in [3.63, 3.8) is 0 Å². The number of nitrogens with zero attached hydrogens (tertiary/aromatic N) is 4. The molecular weight excluding hydrogens is 334 g/mol. The number of fused-ring (bicyclic) bond motifs is 1. The van der Waals surface area contributed by atoms with Crippen LogP contribution in [-0.4, -0.2) is 19.7 Å². The van der Waals surface area contributed by atoms with Crippen molar-refractivity contribution in [2.75, 3.05) is 5.32 Å². The van der Waals surface area contributed by atoms with E-state index in [9.17, 15) is 0 Å². The van der Waals surface area contributed by atoms with Crippen LogP contribution in [0.15, 0.2) is 60.8 Å². The molecular formula is C19H16ClN5. The minimum Gasteiger partial charge on any atom is -0.338 e. The lowest BCUT2D eigenvalue weighted by Crippen LogP contribution is -2.03. The molecule has 0 atom stereocenters. The Labute approximate surface area is 150 Å². The van der Waals surface area contributed by atoms with Crippen LogP contribution in [-0.2, 0) is 6.42 Å². The minimum absolute atomic E-state index is 0.641. The Morgan fingerprint density at radius 3 is 2.52 bits per heavy atom. The van der Waals surface area contributed by atoms with E-state index in [1.54, 1.807) is 6.20 Å². The molecule has 0 aliphatic heterocycles. The molecule has 0 amide bonds. The third-order valence-electron chi connectivity index (χ3n) is 3.92. The summed E-state index contributed by atoms with van der Waals surface area (Å²) in [7, 11) is 0. The summed E-state index contributed by atoms with van der Waals surface area (Å²) >= 11 is 6.27. The van der Waals surface area contributed by atoms with Gasteiger partial charge in [-0.05, 0) is 24.3 Å². The van der Waals surface area contributed by atoms with Crippen molar-refractivity contribution >= 4 is 34.1 Å². The van der Waals surface area contributed by atoms with Crippen molar-refractivity contribution in [3.05, 3.63) is 71.6 Å². The highest BCUT2D eigenvalue weighted by molar-refractivity contribution is 6.33. The largest absolute Gasteiger partial charge is 0.338 e. The molecule has 0 saturated carbocycles. The normalized spacial score (nSPS) is 11.0. The molecule has 124 valence electrons. The van der Waals surface area contributed by atoms with E-state index in [2.05, 4.69) is 20.4 Å². The summed E-state index contributed by atoms with van der Waals surface area (Å²) < 4.78 is 1.83. The average Bonchev–Trinajstić information content (AvgIpc) is 3.08. The standard InChI is InChI=1S/C19H16ClN5/c1-2-17-23-18(22-16-11-7-6-10-15(16)20)14-12-21-25(19(14)24-17)13-8-4-3-5-9-13/h3-12H,2H2,1H3,(H,22,23,24). The molecule has 0 saturated heterocycles. The van der Waals surface area contributed by atoms with Crippen LogP contribution in [0.1, 0.15) is 12.7 Å². The van der Waals surface area contributed by atoms with E-state index in [1.165, 1.54) is 0 Å². The first-order chi connectivity index (χ1) is 12.3. The molecule has 0 fully saturated rings. The van der Waals surface area contributed by atoms with Gasteiger partial charge < -0.3 is 5.32 Å². The Morgan fingerprint density at radius 1 is 1.00 bits per heavy atom. The first-order valence-electron chi connectivity index (χ1n) is 8.08. The van der Waals surface area contributed by atoms with E-state index < -0.39 is 0 Å². The first-order valence-corrected chi connectivity index (χ1v) is 8.45. The maximum absolute atomic E-state index is 6.27. The van der Waals surface area contributed by atoms with Crippen LogP contribution in [0.3, 0.4) is 0 Å². The van der Waals surface area contributed by atoms with Gasteiger partial charge in [0.2, 0.25) is 0 Å². The quantitative estimate of drug-likeness (QED) is 0.576. The average molecular weight is 350 g/mol. The number of aryl methyl sites for hydroxylation is 1. The predicted octanol–water partition coefficient (Wildman–Crippen LogP) is 4.77. The Kier molecular flexibility index (Phi) is 4.07. The van der Waals surface area contributed by atoms with Gasteiger partial charge in [-0.2, -0.15) is 5.10 Å². The zero-order valence-electron chi connectivity index (χ0n) is 13.6. The number of nitrogens with one attached hydrogen (secondary N) is 1. The van der Waals surface area contributed by atoms with Crippen molar-refractivity contribution in [2.45, 2.75) is 13.3 Å². The van der Waals surface area contributed by atoms with E-state index in [4.69, 9.17) is 11.6 Å². The fourth-order valence-corrected chi connectivity index (χ4v) is 2.84. The fraction of sp³-hybridized carbons (Fsp3) is 0.105. The monoisotopic (exact) mass is 349 g/mol. The minimum atomic E-state index is 0.641. The van der Waals surface area contributed by atoms with Gasteiger partial charge in [-0.3, -0.25) is 0 Å². The molecule has 0 bridgehead atoms. The van der Waals surface area contributed by atoms with Crippen LogP contribution in [0.4, 0.5) is 11.5 Å². The summed E-state index contributed by atoms with van der Waals surface area (Å²) in [6, 6.07) is 17.5. The van der Waals surface area contributed by atoms with Gasteiger partial charge in [0.1, 0.15) is 11.6 Å². The maximum Gasteiger partial charge on any atom is 0.168 e. The zero-order valence-corrected chi connectivity index (χ0v) is 14.4. The third kappa shape index (κ3) is 2.94. The number of hydrogen-bond donors (Lipinski definition) is 1. The van der Waals surface area contributed by atoms with Gasteiger partial charge in [0.05, 0.1) is 28.0 Å². The second-order valence-corrected chi connectivity index (χ2v) is 5.98. The van der Waals surface area contributed by atoms with Gasteiger partial charge in [-0.25, -0.2) is 14.6 Å². The van der Waals surface area contributed by atoms with Crippen molar-refractivity contribution in [2.24, 2.45) is 0 Å². The van der Waals surface area contributed by atoms with Crippen LogP contribution in [0.5, 0.6) is 0 Å². The van der Waals surface area contributed by atoms with Crippen LogP contribution in [0, 0.1) is 0 Å². The topological polar surface area (TPSA) is 55.6 Å². The van der Waals surface area contributed by atoms with Crippen molar-refractivity contribution in [1.29, 1.82) is 0 Å². The van der Waals surface area contributed by atoms with Gasteiger partial charge >= 0.3 is 0 Å². The van der Waals surface area contributed by atoms with E-state index in [0.29, 0.717) is 10.8 Å². The van der Waals surface area contributed by atoms with Crippen molar-refractivity contribution < 1.29 is 0 Å². The molecule has 0 spiro atoms. The van der Waals surface area contributed by atoms with Gasteiger partial charge in [0.25, 0.3) is 0 Å². The second-order valence-electron chi connectivity index (χ2n) is 5.58. The number of halogens is 1.